The third kappa shape index (κ3) is 4.32. The first kappa shape index (κ1) is 19.4. The van der Waals surface area contributed by atoms with Crippen molar-refractivity contribution in [3.8, 4) is 22.6 Å². The van der Waals surface area contributed by atoms with Crippen molar-refractivity contribution in [3.05, 3.63) is 78.0 Å². The zero-order chi connectivity index (χ0) is 21.0. The smallest absolute Gasteiger partial charge is 0.166 e. The topological polar surface area (TPSA) is 76.7 Å². The van der Waals surface area contributed by atoms with E-state index < -0.39 is 0 Å². The van der Waals surface area contributed by atoms with Gasteiger partial charge in [-0.3, -0.25) is 9.97 Å². The first-order chi connectivity index (χ1) is 15.3. The third-order valence-electron chi connectivity index (χ3n) is 5.04. The maximum Gasteiger partial charge on any atom is 0.166 e. The van der Waals surface area contributed by atoms with Crippen molar-refractivity contribution in [2.45, 2.75) is 19.8 Å². The summed E-state index contributed by atoms with van der Waals surface area (Å²) < 4.78 is 5.21. The monoisotopic (exact) mass is 427 g/mol. The number of thiophene rings is 1. The molecule has 4 heterocycles. The van der Waals surface area contributed by atoms with Crippen molar-refractivity contribution >= 4 is 27.4 Å². The summed E-state index contributed by atoms with van der Waals surface area (Å²) in [7, 11) is 0. The Morgan fingerprint density at radius 3 is 2.71 bits per heavy atom. The van der Waals surface area contributed by atoms with Crippen LogP contribution in [0.15, 0.2) is 71.9 Å². The second-order valence-electron chi connectivity index (χ2n) is 7.30. The Balaban J connectivity index is 1.25. The van der Waals surface area contributed by atoms with E-state index in [9.17, 15) is 0 Å². The molecule has 7 heteroatoms. The molecule has 0 saturated carbocycles. The van der Waals surface area contributed by atoms with Gasteiger partial charge in [-0.05, 0) is 37.5 Å². The highest BCUT2D eigenvalue weighted by Gasteiger charge is 2.12. The Kier molecular flexibility index (Phi) is 5.41. The van der Waals surface area contributed by atoms with Crippen molar-refractivity contribution in [1.29, 1.82) is 0 Å². The van der Waals surface area contributed by atoms with E-state index in [0.29, 0.717) is 5.82 Å². The first-order valence-corrected chi connectivity index (χ1v) is 11.0. The van der Waals surface area contributed by atoms with Crippen LogP contribution in [-0.2, 0) is 6.42 Å². The number of hydrogen-bond acceptors (Lipinski definition) is 7. The number of fused-ring (bicyclic) bond motifs is 1. The third-order valence-corrected chi connectivity index (χ3v) is 5.99. The summed E-state index contributed by atoms with van der Waals surface area (Å²) in [4.78, 5) is 20.2. The molecule has 5 aromatic rings. The Morgan fingerprint density at radius 1 is 1.03 bits per heavy atom. The number of aryl methyl sites for hydroxylation is 2. The van der Waals surface area contributed by atoms with E-state index in [-0.39, 0.29) is 0 Å². The van der Waals surface area contributed by atoms with Crippen molar-refractivity contribution < 1.29 is 4.42 Å². The van der Waals surface area contributed by atoms with Gasteiger partial charge in [-0.2, -0.15) is 0 Å². The second kappa shape index (κ2) is 8.65. The van der Waals surface area contributed by atoms with Gasteiger partial charge >= 0.3 is 0 Å². The van der Waals surface area contributed by atoms with Crippen molar-refractivity contribution in [2.75, 3.05) is 11.9 Å². The Morgan fingerprint density at radius 2 is 1.94 bits per heavy atom. The minimum atomic E-state index is 0.685. The van der Waals surface area contributed by atoms with Crippen molar-refractivity contribution in [3.63, 3.8) is 0 Å². The molecule has 0 aliphatic heterocycles. The minimum Gasteiger partial charge on any atom is -0.472 e. The molecule has 0 aliphatic carbocycles. The maximum absolute atomic E-state index is 5.21. The molecular weight excluding hydrogens is 406 g/mol. The number of nitrogens with zero attached hydrogens (tertiary/aromatic N) is 4. The number of anilines is 1. The van der Waals surface area contributed by atoms with Crippen LogP contribution >= 0.6 is 11.3 Å². The van der Waals surface area contributed by atoms with Gasteiger partial charge in [0.15, 0.2) is 5.82 Å². The van der Waals surface area contributed by atoms with Gasteiger partial charge in [-0.15, -0.1) is 11.3 Å². The van der Waals surface area contributed by atoms with E-state index in [1.54, 1.807) is 42.5 Å². The summed E-state index contributed by atoms with van der Waals surface area (Å²) in [5.74, 6) is 1.56. The number of nitrogens with one attached hydrogen (secondary N) is 1. The molecule has 0 unspecified atom stereocenters. The number of furan rings is 1. The SMILES string of the molecule is Cc1cc2c(NCCCc3ccc(-c4cnccn4)cc3)nc(-c3ccoc3)nc2s1. The lowest BCUT2D eigenvalue weighted by molar-refractivity contribution is 0.568. The fraction of sp³-hybridized carbons (Fsp3) is 0.167. The number of benzene rings is 1. The van der Waals surface area contributed by atoms with E-state index >= 15 is 0 Å². The molecule has 0 aliphatic rings. The Bertz CT molecular complexity index is 1280. The predicted molar refractivity (Wildman–Crippen MR) is 124 cm³/mol. The van der Waals surface area contributed by atoms with Crippen LogP contribution in [0.2, 0.25) is 0 Å². The molecule has 154 valence electrons. The van der Waals surface area contributed by atoms with Gasteiger partial charge < -0.3 is 9.73 Å². The van der Waals surface area contributed by atoms with E-state index in [0.717, 1.165) is 52.2 Å². The molecule has 6 nitrogen and oxygen atoms in total. The van der Waals surface area contributed by atoms with Crippen LogP contribution in [0.1, 0.15) is 16.9 Å². The second-order valence-corrected chi connectivity index (χ2v) is 8.54. The van der Waals surface area contributed by atoms with Crippen molar-refractivity contribution in [1.82, 2.24) is 19.9 Å². The van der Waals surface area contributed by atoms with Crippen LogP contribution in [0, 0.1) is 6.92 Å². The van der Waals surface area contributed by atoms with E-state index in [1.165, 1.54) is 10.4 Å². The van der Waals surface area contributed by atoms with Gasteiger partial charge in [-0.25, -0.2) is 9.97 Å². The summed E-state index contributed by atoms with van der Waals surface area (Å²) in [5, 5.41) is 4.59. The molecule has 0 spiro atoms. The van der Waals surface area contributed by atoms with Crippen LogP contribution < -0.4 is 5.32 Å². The Hall–Kier alpha value is -3.58. The molecule has 1 aromatic carbocycles. The average Bonchev–Trinajstić information content (AvgIpc) is 3.47. The van der Waals surface area contributed by atoms with Gasteiger partial charge in [0.1, 0.15) is 16.9 Å². The molecule has 4 aromatic heterocycles. The largest absolute Gasteiger partial charge is 0.472 e. The minimum absolute atomic E-state index is 0.685. The molecule has 0 atom stereocenters. The Labute approximate surface area is 184 Å². The molecule has 0 fully saturated rings. The van der Waals surface area contributed by atoms with Crippen LogP contribution in [0.5, 0.6) is 0 Å². The molecule has 1 N–H and O–H groups in total. The zero-order valence-corrected chi connectivity index (χ0v) is 17.9. The number of hydrogen-bond donors (Lipinski definition) is 1. The van der Waals surface area contributed by atoms with E-state index in [4.69, 9.17) is 14.4 Å². The van der Waals surface area contributed by atoms with Gasteiger partial charge in [0.2, 0.25) is 0 Å². The number of rotatable bonds is 7. The quantitative estimate of drug-likeness (QED) is 0.333. The van der Waals surface area contributed by atoms with Crippen LogP contribution in [0.25, 0.3) is 32.9 Å². The van der Waals surface area contributed by atoms with E-state index in [2.05, 4.69) is 52.5 Å². The van der Waals surface area contributed by atoms with Gasteiger partial charge in [0.25, 0.3) is 0 Å². The highest BCUT2D eigenvalue weighted by molar-refractivity contribution is 7.18. The molecular formula is C24H21N5OS. The molecule has 31 heavy (non-hydrogen) atoms. The highest BCUT2D eigenvalue weighted by Crippen LogP contribution is 2.31. The van der Waals surface area contributed by atoms with Crippen LogP contribution in [0.3, 0.4) is 0 Å². The molecule has 0 amide bonds. The van der Waals surface area contributed by atoms with Gasteiger partial charge in [0.05, 0.1) is 29.1 Å². The average molecular weight is 428 g/mol. The van der Waals surface area contributed by atoms with Gasteiger partial charge in [-0.1, -0.05) is 24.3 Å². The molecule has 0 radical (unpaired) electrons. The summed E-state index contributed by atoms with van der Waals surface area (Å²) in [6, 6.07) is 12.6. The molecule has 0 saturated heterocycles. The van der Waals surface area contributed by atoms with Crippen molar-refractivity contribution in [2.24, 2.45) is 0 Å². The van der Waals surface area contributed by atoms with Gasteiger partial charge in [0, 0.05) is 29.4 Å². The zero-order valence-electron chi connectivity index (χ0n) is 17.1. The standard InChI is InChI=1S/C24H21N5OS/c1-16-13-20-23(28-22(29-24(20)31-16)19-8-12-30-15-19)27-9-2-3-17-4-6-18(7-5-17)21-14-25-10-11-26-21/h4-8,10-15H,2-3,9H2,1H3,(H,27,28,29). The highest BCUT2D eigenvalue weighted by atomic mass is 32.1. The lowest BCUT2D eigenvalue weighted by Crippen LogP contribution is -2.06. The predicted octanol–water partition coefficient (Wildman–Crippen LogP) is 5.76. The lowest BCUT2D eigenvalue weighted by atomic mass is 10.1. The summed E-state index contributed by atoms with van der Waals surface area (Å²) in [6.45, 7) is 2.93. The fourth-order valence-corrected chi connectivity index (χ4v) is 4.37. The maximum atomic E-state index is 5.21. The normalized spacial score (nSPS) is 11.1. The summed E-state index contributed by atoms with van der Waals surface area (Å²) in [5.41, 5.74) is 4.16. The lowest BCUT2D eigenvalue weighted by Gasteiger charge is -2.09. The van der Waals surface area contributed by atoms with E-state index in [1.807, 2.05) is 6.07 Å². The summed E-state index contributed by atoms with van der Waals surface area (Å²) >= 11 is 1.68. The summed E-state index contributed by atoms with van der Waals surface area (Å²) in [6.07, 6.45) is 10.5. The molecule has 5 rings (SSSR count). The first-order valence-electron chi connectivity index (χ1n) is 10.2. The van der Waals surface area contributed by atoms with Crippen LogP contribution in [-0.4, -0.2) is 26.5 Å². The van der Waals surface area contributed by atoms with Crippen LogP contribution in [0.4, 0.5) is 5.82 Å². The fourth-order valence-electron chi connectivity index (χ4n) is 3.49. The molecule has 0 bridgehead atoms. The number of aromatic nitrogens is 4.